The monoisotopic (exact) mass is 234 g/mol. The van der Waals surface area contributed by atoms with Gasteiger partial charge in [0.2, 0.25) is 0 Å². The van der Waals surface area contributed by atoms with Gasteiger partial charge in [0, 0.05) is 0 Å². The average Bonchev–Trinajstić information content (AvgIpc) is 2.20. The maximum Gasteiger partial charge on any atom is 0.153 e. The van der Waals surface area contributed by atoms with Crippen LogP contribution in [0.25, 0.3) is 0 Å². The average molecular weight is 234 g/mol. The molecular weight excluding hydrogens is 208 g/mol. The largest absolute Gasteiger partial charge is 0.229 e. The van der Waals surface area contributed by atoms with Gasteiger partial charge in [-0.15, -0.1) is 0 Å². The molecule has 0 fully saturated rings. The molecular formula is C12H26O2S. The van der Waals surface area contributed by atoms with Gasteiger partial charge in [-0.05, 0) is 25.2 Å². The highest BCUT2D eigenvalue weighted by Gasteiger charge is 2.22. The molecule has 92 valence electrons. The fourth-order valence-corrected chi connectivity index (χ4v) is 4.00. The van der Waals surface area contributed by atoms with Crippen LogP contribution in [0.4, 0.5) is 0 Å². The van der Waals surface area contributed by atoms with Crippen LogP contribution in [0.15, 0.2) is 0 Å². The second kappa shape index (κ2) is 7.26. The van der Waals surface area contributed by atoms with Crippen molar-refractivity contribution >= 4 is 9.84 Å². The standard InChI is InChI=1S/C12H26O2S/c1-5-11(6-2)9-10-15(13,14)12(7-3)8-4/h11-12H,5-10H2,1-4H3. The van der Waals surface area contributed by atoms with E-state index in [1.807, 2.05) is 13.8 Å². The predicted molar refractivity (Wildman–Crippen MR) is 66.8 cm³/mol. The van der Waals surface area contributed by atoms with E-state index in [1.165, 1.54) is 0 Å². The molecule has 0 radical (unpaired) electrons. The first-order valence-corrected chi connectivity index (χ1v) is 7.94. The van der Waals surface area contributed by atoms with E-state index < -0.39 is 9.84 Å². The first kappa shape index (κ1) is 14.9. The summed E-state index contributed by atoms with van der Waals surface area (Å²) < 4.78 is 23.9. The number of rotatable bonds is 8. The molecule has 0 unspecified atom stereocenters. The smallest absolute Gasteiger partial charge is 0.153 e. The maximum absolute atomic E-state index is 11.9. The first-order chi connectivity index (χ1) is 7.01. The van der Waals surface area contributed by atoms with Crippen LogP contribution in [0, 0.1) is 5.92 Å². The van der Waals surface area contributed by atoms with Crippen molar-refractivity contribution in [1.82, 2.24) is 0 Å². The van der Waals surface area contributed by atoms with Gasteiger partial charge >= 0.3 is 0 Å². The molecule has 0 N–H and O–H groups in total. The van der Waals surface area contributed by atoms with Crippen LogP contribution in [0.2, 0.25) is 0 Å². The van der Waals surface area contributed by atoms with Crippen molar-refractivity contribution in [2.75, 3.05) is 5.75 Å². The number of hydrogen-bond acceptors (Lipinski definition) is 2. The summed E-state index contributed by atoms with van der Waals surface area (Å²) in [5.41, 5.74) is 0. The third-order valence-corrected chi connectivity index (χ3v) is 5.87. The molecule has 0 saturated carbocycles. The maximum atomic E-state index is 11.9. The minimum absolute atomic E-state index is 0.119. The fraction of sp³-hybridized carbons (Fsp3) is 1.00. The first-order valence-electron chi connectivity index (χ1n) is 6.23. The fourth-order valence-electron chi connectivity index (χ4n) is 1.99. The van der Waals surface area contributed by atoms with E-state index in [-0.39, 0.29) is 5.25 Å². The zero-order valence-electron chi connectivity index (χ0n) is 10.6. The third kappa shape index (κ3) is 5.01. The summed E-state index contributed by atoms with van der Waals surface area (Å²) in [5.74, 6) is 0.959. The van der Waals surface area contributed by atoms with Crippen molar-refractivity contribution in [3.8, 4) is 0 Å². The Bertz CT molecular complexity index is 236. The Morgan fingerprint density at radius 2 is 1.33 bits per heavy atom. The van der Waals surface area contributed by atoms with Crippen LogP contribution in [0.3, 0.4) is 0 Å². The molecule has 0 aliphatic heterocycles. The quantitative estimate of drug-likeness (QED) is 0.645. The van der Waals surface area contributed by atoms with Gasteiger partial charge in [-0.2, -0.15) is 0 Å². The molecule has 0 atom stereocenters. The summed E-state index contributed by atoms with van der Waals surface area (Å²) in [4.78, 5) is 0. The lowest BCUT2D eigenvalue weighted by atomic mass is 10.0. The molecule has 0 bridgehead atoms. The molecule has 3 heteroatoms. The molecule has 0 amide bonds. The van der Waals surface area contributed by atoms with Crippen LogP contribution in [0.1, 0.15) is 59.8 Å². The van der Waals surface area contributed by atoms with E-state index in [4.69, 9.17) is 0 Å². The Morgan fingerprint density at radius 3 is 1.67 bits per heavy atom. The van der Waals surface area contributed by atoms with Gasteiger partial charge in [0.05, 0.1) is 11.0 Å². The van der Waals surface area contributed by atoms with E-state index in [0.29, 0.717) is 11.7 Å². The van der Waals surface area contributed by atoms with Crippen molar-refractivity contribution in [3.63, 3.8) is 0 Å². The van der Waals surface area contributed by atoms with E-state index in [0.717, 1.165) is 32.1 Å². The van der Waals surface area contributed by atoms with Crippen molar-refractivity contribution in [1.29, 1.82) is 0 Å². The molecule has 0 saturated heterocycles. The Kier molecular flexibility index (Phi) is 7.24. The Labute approximate surface area is 95.4 Å². The lowest BCUT2D eigenvalue weighted by molar-refractivity contribution is 0.472. The van der Waals surface area contributed by atoms with Crippen molar-refractivity contribution in [3.05, 3.63) is 0 Å². The third-order valence-electron chi connectivity index (χ3n) is 3.38. The topological polar surface area (TPSA) is 34.1 Å². The zero-order chi connectivity index (χ0) is 11.9. The summed E-state index contributed by atoms with van der Waals surface area (Å²) in [6.07, 6.45) is 4.53. The summed E-state index contributed by atoms with van der Waals surface area (Å²) in [6, 6.07) is 0. The molecule has 0 rings (SSSR count). The Balaban J connectivity index is 4.25. The van der Waals surface area contributed by atoms with Gasteiger partial charge in [0.15, 0.2) is 9.84 Å². The van der Waals surface area contributed by atoms with Crippen LogP contribution >= 0.6 is 0 Å². The predicted octanol–water partition coefficient (Wildman–Crippen LogP) is 3.42. The van der Waals surface area contributed by atoms with Crippen molar-refractivity contribution in [2.45, 2.75) is 65.0 Å². The van der Waals surface area contributed by atoms with Gasteiger partial charge in [-0.3, -0.25) is 0 Å². The molecule has 0 aliphatic carbocycles. The lowest BCUT2D eigenvalue weighted by Gasteiger charge is -2.16. The normalized spacial score (nSPS) is 12.7. The van der Waals surface area contributed by atoms with Gasteiger partial charge in [-0.1, -0.05) is 40.5 Å². The highest BCUT2D eigenvalue weighted by atomic mass is 32.2. The highest BCUT2D eigenvalue weighted by Crippen LogP contribution is 2.18. The second-order valence-electron chi connectivity index (χ2n) is 4.28. The molecule has 2 nitrogen and oxygen atoms in total. The van der Waals surface area contributed by atoms with Crippen molar-refractivity contribution < 1.29 is 8.42 Å². The van der Waals surface area contributed by atoms with Crippen LogP contribution < -0.4 is 0 Å². The lowest BCUT2D eigenvalue weighted by Crippen LogP contribution is -2.23. The SMILES string of the molecule is CCC(CC)CCS(=O)(=O)C(CC)CC. The summed E-state index contributed by atoms with van der Waals surface area (Å²) >= 11 is 0. The minimum Gasteiger partial charge on any atom is -0.229 e. The van der Waals surface area contributed by atoms with Gasteiger partial charge in [0.25, 0.3) is 0 Å². The summed E-state index contributed by atoms with van der Waals surface area (Å²) in [6.45, 7) is 8.20. The van der Waals surface area contributed by atoms with Crippen LogP contribution in [-0.4, -0.2) is 19.4 Å². The van der Waals surface area contributed by atoms with Gasteiger partial charge in [-0.25, -0.2) is 8.42 Å². The molecule has 15 heavy (non-hydrogen) atoms. The van der Waals surface area contributed by atoms with E-state index in [1.54, 1.807) is 0 Å². The highest BCUT2D eigenvalue weighted by molar-refractivity contribution is 7.92. The molecule has 0 heterocycles. The summed E-state index contributed by atoms with van der Waals surface area (Å²) in [7, 11) is -2.84. The minimum atomic E-state index is -2.84. The zero-order valence-corrected chi connectivity index (χ0v) is 11.4. The molecule has 0 aromatic heterocycles. The van der Waals surface area contributed by atoms with E-state index in [9.17, 15) is 8.42 Å². The second-order valence-corrected chi connectivity index (χ2v) is 6.68. The number of hydrogen-bond donors (Lipinski definition) is 0. The molecule has 0 aromatic carbocycles. The van der Waals surface area contributed by atoms with E-state index >= 15 is 0 Å². The Morgan fingerprint density at radius 1 is 0.867 bits per heavy atom. The van der Waals surface area contributed by atoms with Crippen molar-refractivity contribution in [2.24, 2.45) is 5.92 Å². The van der Waals surface area contributed by atoms with Gasteiger partial charge < -0.3 is 0 Å². The van der Waals surface area contributed by atoms with Crippen LogP contribution in [-0.2, 0) is 9.84 Å². The Hall–Kier alpha value is -0.0500. The van der Waals surface area contributed by atoms with E-state index in [2.05, 4.69) is 13.8 Å². The van der Waals surface area contributed by atoms with Crippen LogP contribution in [0.5, 0.6) is 0 Å². The summed E-state index contributed by atoms with van der Waals surface area (Å²) in [5, 5.41) is -0.119. The molecule has 0 aliphatic rings. The molecule has 0 spiro atoms. The molecule has 0 aromatic rings. The van der Waals surface area contributed by atoms with Gasteiger partial charge in [0.1, 0.15) is 0 Å². The number of sulfone groups is 1.